The smallest absolute Gasteiger partial charge is 0.181 e. The molecule has 9 heteroatoms. The lowest BCUT2D eigenvalue weighted by atomic mass is 9.76. The van der Waals surface area contributed by atoms with Crippen LogP contribution in [0, 0.1) is 11.8 Å². The lowest BCUT2D eigenvalue weighted by Crippen LogP contribution is -2.38. The predicted octanol–water partition coefficient (Wildman–Crippen LogP) is 8.31. The molecule has 4 heterocycles. The molecule has 0 bridgehead atoms. The maximum atomic E-state index is 12.2. The number of benzene rings is 2. The highest BCUT2D eigenvalue weighted by Gasteiger charge is 2.38. The minimum absolute atomic E-state index is 0.0302. The molecule has 4 aromatic rings. The quantitative estimate of drug-likeness (QED) is 0.176. The van der Waals surface area contributed by atoms with E-state index in [1.54, 1.807) is 39.4 Å². The number of aliphatic hydroxyl groups is 1. The van der Waals surface area contributed by atoms with Crippen LogP contribution in [0.25, 0.3) is 21.8 Å². The van der Waals surface area contributed by atoms with E-state index in [0.29, 0.717) is 18.5 Å². The fourth-order valence-electron chi connectivity index (χ4n) is 8.18. The first-order chi connectivity index (χ1) is 26.3. The Morgan fingerprint density at radius 3 is 1.96 bits per heavy atom. The summed E-state index contributed by atoms with van der Waals surface area (Å²) in [6, 6.07) is 12.2. The van der Waals surface area contributed by atoms with Crippen LogP contribution in [-0.2, 0) is 22.4 Å². The van der Waals surface area contributed by atoms with Crippen LogP contribution in [0.2, 0.25) is 0 Å². The van der Waals surface area contributed by atoms with E-state index in [1.807, 2.05) is 51.1 Å². The standard InChI is InChI=1S/C23H26N2O3.C23H24N2O2/c1-13(2)18-10-21(26)14(3)11-23(18,27)12-20-22-17(7-8-24-20)16-6-5-15(28-4)9-19(16)25-22;1-13(2)19-12-22(26)14(3)9-15(19)10-21-23-18(7-8-24-21)17-6-5-16(27-4)11-20(17)25-23/h5-6,9-11,13,25,27H,7-8,12H2,1-4H3;5-6,9-13,25H,7-8H2,1-4H3/b;15-10+. The van der Waals surface area contributed by atoms with Gasteiger partial charge in [-0.25, -0.2) is 0 Å². The van der Waals surface area contributed by atoms with Crippen molar-refractivity contribution >= 4 is 44.8 Å². The van der Waals surface area contributed by atoms with Crippen molar-refractivity contribution in [1.82, 2.24) is 9.97 Å². The summed E-state index contributed by atoms with van der Waals surface area (Å²) in [5.41, 5.74) is 11.5. The minimum Gasteiger partial charge on any atom is -0.497 e. The number of carbonyl (C=O) groups excluding carboxylic acids is 2. The Hall–Kier alpha value is -5.54. The van der Waals surface area contributed by atoms with Gasteiger partial charge in [-0.15, -0.1) is 0 Å². The van der Waals surface area contributed by atoms with Crippen molar-refractivity contribution in [2.75, 3.05) is 27.3 Å². The van der Waals surface area contributed by atoms with Crippen LogP contribution in [0.15, 0.2) is 105 Å². The SMILES string of the molecule is COc1ccc2c3c([nH]c2c1)C(/C=C1\C=C(C)C(=O)C=C1C(C)C)=NCC3.COc1ccc2c3c([nH]c2c1)C(CC1(O)C=C(C)C(=O)C=C1C(C)C)=NCC3. The highest BCUT2D eigenvalue weighted by molar-refractivity contribution is 6.14. The van der Waals surface area contributed by atoms with E-state index in [9.17, 15) is 14.7 Å². The lowest BCUT2D eigenvalue weighted by molar-refractivity contribution is -0.112. The van der Waals surface area contributed by atoms with E-state index in [-0.39, 0.29) is 23.4 Å². The van der Waals surface area contributed by atoms with Crippen molar-refractivity contribution in [3.05, 3.63) is 117 Å². The Balaban J connectivity index is 0.000000169. The summed E-state index contributed by atoms with van der Waals surface area (Å²) in [6.45, 7) is 13.3. The van der Waals surface area contributed by atoms with Crippen molar-refractivity contribution in [3.63, 3.8) is 0 Å². The molecular formula is C46H50N4O5. The van der Waals surface area contributed by atoms with Crippen LogP contribution in [0.1, 0.15) is 70.5 Å². The molecule has 0 radical (unpaired) electrons. The number of nitrogens with zero attached hydrogens (tertiary/aromatic N) is 2. The van der Waals surface area contributed by atoms with Gasteiger partial charge in [-0.3, -0.25) is 19.6 Å². The average Bonchev–Trinajstić information content (AvgIpc) is 3.73. The monoisotopic (exact) mass is 738 g/mol. The molecule has 2 aromatic carbocycles. The van der Waals surface area contributed by atoms with Gasteiger partial charge in [0.2, 0.25) is 0 Å². The molecule has 8 rings (SSSR count). The summed E-state index contributed by atoms with van der Waals surface area (Å²) < 4.78 is 10.7. The fraction of sp³-hybridized carbons (Fsp3) is 0.348. The van der Waals surface area contributed by atoms with Crippen LogP contribution >= 0.6 is 0 Å². The molecule has 0 saturated carbocycles. The number of rotatable bonds is 7. The second kappa shape index (κ2) is 14.9. The van der Waals surface area contributed by atoms with E-state index < -0.39 is 5.60 Å². The number of aromatic amines is 2. The number of hydrogen-bond donors (Lipinski definition) is 3. The highest BCUT2D eigenvalue weighted by Crippen LogP contribution is 2.38. The molecular weight excluding hydrogens is 689 g/mol. The molecule has 0 fully saturated rings. The predicted molar refractivity (Wildman–Crippen MR) is 221 cm³/mol. The molecule has 0 amide bonds. The zero-order valence-corrected chi connectivity index (χ0v) is 33.0. The van der Waals surface area contributed by atoms with Crippen molar-refractivity contribution < 1.29 is 24.2 Å². The number of hydrogen-bond acceptors (Lipinski definition) is 7. The number of methoxy groups -OCH3 is 2. The van der Waals surface area contributed by atoms with E-state index in [1.165, 1.54) is 21.9 Å². The number of ketones is 2. The maximum Gasteiger partial charge on any atom is 0.181 e. The van der Waals surface area contributed by atoms with Crippen LogP contribution in [0.3, 0.4) is 0 Å². The van der Waals surface area contributed by atoms with E-state index in [4.69, 9.17) is 19.5 Å². The van der Waals surface area contributed by atoms with Crippen molar-refractivity contribution in [2.45, 2.75) is 66.4 Å². The molecule has 3 N–H and O–H groups in total. The molecule has 2 aliphatic heterocycles. The van der Waals surface area contributed by atoms with Crippen LogP contribution in [0.4, 0.5) is 0 Å². The topological polar surface area (TPSA) is 129 Å². The molecule has 2 aliphatic carbocycles. The number of allylic oxidation sites excluding steroid dienone is 8. The summed E-state index contributed by atoms with van der Waals surface area (Å²) in [6.07, 6.45) is 11.3. The number of carbonyl (C=O) groups is 2. The lowest BCUT2D eigenvalue weighted by Gasteiger charge is -2.34. The summed E-state index contributed by atoms with van der Waals surface area (Å²) in [5, 5.41) is 13.9. The van der Waals surface area contributed by atoms with Crippen LogP contribution in [-0.4, -0.2) is 71.0 Å². The molecule has 0 saturated heterocycles. The Bertz CT molecular complexity index is 2460. The largest absolute Gasteiger partial charge is 0.497 e. The van der Waals surface area contributed by atoms with Crippen LogP contribution < -0.4 is 9.47 Å². The number of fused-ring (bicyclic) bond motifs is 6. The highest BCUT2D eigenvalue weighted by atomic mass is 16.5. The Labute approximate surface area is 322 Å². The molecule has 0 spiro atoms. The van der Waals surface area contributed by atoms with Gasteiger partial charge in [-0.1, -0.05) is 27.7 Å². The first kappa shape index (κ1) is 37.8. The number of H-pyrrole nitrogens is 2. The van der Waals surface area contributed by atoms with Gasteiger partial charge >= 0.3 is 0 Å². The molecule has 9 nitrogen and oxygen atoms in total. The summed E-state index contributed by atoms with van der Waals surface area (Å²) in [5.74, 6) is 2.05. The van der Waals surface area contributed by atoms with Gasteiger partial charge in [0.05, 0.1) is 37.0 Å². The molecule has 284 valence electrons. The van der Waals surface area contributed by atoms with Gasteiger partial charge in [0.25, 0.3) is 0 Å². The summed E-state index contributed by atoms with van der Waals surface area (Å²) in [7, 11) is 3.34. The summed E-state index contributed by atoms with van der Waals surface area (Å²) in [4.78, 5) is 40.8. The zero-order valence-electron chi connectivity index (χ0n) is 33.0. The van der Waals surface area contributed by atoms with Gasteiger partial charge in [-0.2, -0.15) is 0 Å². The third-order valence-electron chi connectivity index (χ3n) is 11.1. The van der Waals surface area contributed by atoms with Crippen molar-refractivity contribution in [2.24, 2.45) is 21.8 Å². The second-order valence-electron chi connectivity index (χ2n) is 15.5. The number of nitrogens with one attached hydrogen (secondary N) is 2. The fourth-order valence-corrected chi connectivity index (χ4v) is 8.18. The molecule has 4 aliphatic rings. The normalized spacial score (nSPS) is 20.3. The van der Waals surface area contributed by atoms with Gasteiger partial charge in [0.15, 0.2) is 11.6 Å². The second-order valence-corrected chi connectivity index (χ2v) is 15.5. The zero-order chi connectivity index (χ0) is 39.2. The van der Waals surface area contributed by atoms with Crippen molar-refractivity contribution in [1.29, 1.82) is 0 Å². The maximum absolute atomic E-state index is 12.2. The van der Waals surface area contributed by atoms with Gasteiger partial charge in [-0.05, 0) is 132 Å². The van der Waals surface area contributed by atoms with Gasteiger partial charge in [0, 0.05) is 53.4 Å². The third kappa shape index (κ3) is 7.21. The van der Waals surface area contributed by atoms with E-state index in [2.05, 4.69) is 42.0 Å². The Morgan fingerprint density at radius 2 is 1.36 bits per heavy atom. The van der Waals surface area contributed by atoms with Gasteiger partial charge in [0.1, 0.15) is 17.1 Å². The average molecular weight is 739 g/mol. The first-order valence-electron chi connectivity index (χ1n) is 19.1. The molecule has 1 atom stereocenters. The minimum atomic E-state index is -1.20. The number of aromatic nitrogens is 2. The number of aliphatic imine (C=N–C) groups is 2. The van der Waals surface area contributed by atoms with E-state index >= 15 is 0 Å². The van der Waals surface area contributed by atoms with Crippen molar-refractivity contribution in [3.8, 4) is 11.5 Å². The number of ether oxygens (including phenoxy) is 2. The molecule has 55 heavy (non-hydrogen) atoms. The Morgan fingerprint density at radius 1 is 0.782 bits per heavy atom. The van der Waals surface area contributed by atoms with Gasteiger partial charge < -0.3 is 24.5 Å². The molecule has 2 aromatic heterocycles. The first-order valence-corrected chi connectivity index (χ1v) is 19.1. The summed E-state index contributed by atoms with van der Waals surface area (Å²) >= 11 is 0. The third-order valence-corrected chi connectivity index (χ3v) is 11.1. The Kier molecular flexibility index (Phi) is 10.3. The van der Waals surface area contributed by atoms with Crippen LogP contribution in [0.5, 0.6) is 11.5 Å². The molecule has 1 unspecified atom stereocenters. The van der Waals surface area contributed by atoms with E-state index in [0.717, 1.165) is 87.0 Å².